The zero-order valence-corrected chi connectivity index (χ0v) is 17.2. The molecule has 0 aliphatic rings. The minimum Gasteiger partial charge on any atom is -0.423 e. The highest BCUT2D eigenvalue weighted by molar-refractivity contribution is 9.10. The van der Waals surface area contributed by atoms with Gasteiger partial charge in [0.1, 0.15) is 16.9 Å². The van der Waals surface area contributed by atoms with Gasteiger partial charge in [-0.1, -0.05) is 22.0 Å². The van der Waals surface area contributed by atoms with Crippen LogP contribution in [0.3, 0.4) is 0 Å². The molecule has 3 aromatic rings. The third-order valence-electron chi connectivity index (χ3n) is 4.03. The molecule has 0 saturated heterocycles. The first kappa shape index (κ1) is 20.8. The van der Waals surface area contributed by atoms with Crippen molar-refractivity contribution < 1.29 is 23.5 Å². The van der Waals surface area contributed by atoms with Crippen LogP contribution in [0.15, 0.2) is 62.2 Å². The minimum absolute atomic E-state index is 0.0891. The van der Waals surface area contributed by atoms with E-state index >= 15 is 0 Å². The van der Waals surface area contributed by atoms with Gasteiger partial charge in [-0.2, -0.15) is 0 Å². The van der Waals surface area contributed by atoms with E-state index in [2.05, 4.69) is 21.2 Å². The summed E-state index contributed by atoms with van der Waals surface area (Å²) in [6.07, 6.45) is 0.633. The summed E-state index contributed by atoms with van der Waals surface area (Å²) in [5.74, 6) is -0.829. The smallest absolute Gasteiger partial charge is 0.349 e. The number of carbonyl (C=O) groups excluding carboxylic acids is 2. The molecule has 1 N–H and O–H groups in total. The summed E-state index contributed by atoms with van der Waals surface area (Å²) in [4.78, 5) is 36.6. The van der Waals surface area contributed by atoms with Crippen molar-refractivity contribution in [3.63, 3.8) is 0 Å². The van der Waals surface area contributed by atoms with Gasteiger partial charge in [-0.05, 0) is 42.8 Å². The number of benzene rings is 2. The average molecular weight is 460 g/mol. The zero-order chi connectivity index (χ0) is 20.8. The van der Waals surface area contributed by atoms with Crippen LogP contribution in [-0.4, -0.2) is 32.1 Å². The van der Waals surface area contributed by atoms with Crippen molar-refractivity contribution in [2.75, 3.05) is 20.3 Å². The maximum atomic E-state index is 12.3. The second-order valence-corrected chi connectivity index (χ2v) is 7.06. The highest BCUT2D eigenvalue weighted by Gasteiger charge is 2.15. The van der Waals surface area contributed by atoms with Crippen molar-refractivity contribution in [1.29, 1.82) is 0 Å². The highest BCUT2D eigenvalue weighted by Crippen LogP contribution is 2.22. The Labute approximate surface area is 174 Å². The molecule has 0 saturated carbocycles. The summed E-state index contributed by atoms with van der Waals surface area (Å²) in [6.45, 7) is 0.892. The van der Waals surface area contributed by atoms with E-state index in [1.165, 1.54) is 12.1 Å². The Kier molecular flexibility index (Phi) is 6.79. The predicted molar refractivity (Wildman–Crippen MR) is 110 cm³/mol. The fourth-order valence-electron chi connectivity index (χ4n) is 2.61. The fourth-order valence-corrected chi connectivity index (χ4v) is 3.01. The van der Waals surface area contributed by atoms with Crippen molar-refractivity contribution >= 4 is 38.8 Å². The quantitative estimate of drug-likeness (QED) is 0.251. The van der Waals surface area contributed by atoms with Gasteiger partial charge in [-0.25, -0.2) is 9.59 Å². The molecule has 1 aromatic heterocycles. The zero-order valence-electron chi connectivity index (χ0n) is 15.6. The van der Waals surface area contributed by atoms with Crippen molar-refractivity contribution in [2.24, 2.45) is 0 Å². The van der Waals surface area contributed by atoms with Gasteiger partial charge in [0.05, 0.1) is 5.56 Å². The van der Waals surface area contributed by atoms with Crippen LogP contribution in [0.2, 0.25) is 0 Å². The second kappa shape index (κ2) is 9.49. The molecule has 2 aromatic carbocycles. The maximum absolute atomic E-state index is 12.3. The first-order valence-electron chi connectivity index (χ1n) is 8.81. The summed E-state index contributed by atoms with van der Waals surface area (Å²) in [6, 6.07) is 12.9. The Hall–Kier alpha value is -2.97. The lowest BCUT2D eigenvalue weighted by atomic mass is 10.1. The third-order valence-corrected chi connectivity index (χ3v) is 4.53. The van der Waals surface area contributed by atoms with E-state index in [0.29, 0.717) is 30.5 Å². The van der Waals surface area contributed by atoms with Gasteiger partial charge in [0.15, 0.2) is 0 Å². The predicted octanol–water partition coefficient (Wildman–Crippen LogP) is 3.54. The number of rotatable bonds is 7. The largest absolute Gasteiger partial charge is 0.423 e. The molecule has 0 aliphatic heterocycles. The molecule has 3 rings (SSSR count). The molecular formula is C21H18BrNO6. The summed E-state index contributed by atoms with van der Waals surface area (Å²) >= 11 is 3.30. The first-order valence-corrected chi connectivity index (χ1v) is 9.60. The number of hydrogen-bond donors (Lipinski definition) is 1. The normalized spacial score (nSPS) is 10.7. The van der Waals surface area contributed by atoms with Crippen LogP contribution in [0.5, 0.6) is 5.75 Å². The third kappa shape index (κ3) is 5.30. The Morgan fingerprint density at radius 3 is 2.72 bits per heavy atom. The molecule has 8 heteroatoms. The maximum Gasteiger partial charge on any atom is 0.349 e. The van der Waals surface area contributed by atoms with Gasteiger partial charge in [-0.3, -0.25) is 4.79 Å². The molecule has 0 fully saturated rings. The van der Waals surface area contributed by atoms with Crippen LogP contribution in [0.25, 0.3) is 11.0 Å². The fraction of sp³-hybridized carbons (Fsp3) is 0.190. The van der Waals surface area contributed by atoms with Crippen LogP contribution in [0, 0.1) is 0 Å². The summed E-state index contributed by atoms with van der Waals surface area (Å²) in [5, 5.41) is 3.18. The molecule has 0 bridgehead atoms. The van der Waals surface area contributed by atoms with E-state index in [9.17, 15) is 14.4 Å². The lowest BCUT2D eigenvalue weighted by Gasteiger charge is -2.07. The van der Waals surface area contributed by atoms with E-state index in [1.54, 1.807) is 43.5 Å². The SMILES string of the molecule is COCCCNC(=O)c1cc2ccc(OC(=O)c3cccc(Br)c3)cc2oc1=O. The lowest BCUT2D eigenvalue weighted by molar-refractivity contribution is 0.0734. The minimum atomic E-state index is -0.766. The Morgan fingerprint density at radius 1 is 1.14 bits per heavy atom. The van der Waals surface area contributed by atoms with Crippen LogP contribution < -0.4 is 15.7 Å². The van der Waals surface area contributed by atoms with E-state index in [0.717, 1.165) is 4.47 Å². The first-order chi connectivity index (χ1) is 14.0. The van der Waals surface area contributed by atoms with Crippen LogP contribution in [0.4, 0.5) is 0 Å². The van der Waals surface area contributed by atoms with Gasteiger partial charge in [-0.15, -0.1) is 0 Å². The second-order valence-electron chi connectivity index (χ2n) is 6.15. The number of nitrogens with one attached hydrogen (secondary N) is 1. The molecule has 150 valence electrons. The van der Waals surface area contributed by atoms with E-state index in [4.69, 9.17) is 13.9 Å². The van der Waals surface area contributed by atoms with Crippen molar-refractivity contribution in [2.45, 2.75) is 6.42 Å². The van der Waals surface area contributed by atoms with Crippen LogP contribution in [0.1, 0.15) is 27.1 Å². The van der Waals surface area contributed by atoms with Crippen molar-refractivity contribution in [3.05, 3.63) is 74.6 Å². The Morgan fingerprint density at radius 2 is 1.97 bits per heavy atom. The molecular weight excluding hydrogens is 442 g/mol. The average Bonchev–Trinajstić information content (AvgIpc) is 2.70. The monoisotopic (exact) mass is 459 g/mol. The topological polar surface area (TPSA) is 94.8 Å². The van der Waals surface area contributed by atoms with Gasteiger partial charge in [0.25, 0.3) is 5.91 Å². The highest BCUT2D eigenvalue weighted by atomic mass is 79.9. The molecule has 1 heterocycles. The molecule has 0 spiro atoms. The number of hydrogen-bond acceptors (Lipinski definition) is 6. The number of esters is 1. The summed E-state index contributed by atoms with van der Waals surface area (Å²) < 4.78 is 16.3. The van der Waals surface area contributed by atoms with Crippen LogP contribution >= 0.6 is 15.9 Å². The number of methoxy groups -OCH3 is 1. The number of amides is 1. The van der Waals surface area contributed by atoms with Gasteiger partial charge < -0.3 is 19.2 Å². The summed E-state index contributed by atoms with van der Waals surface area (Å²) in [7, 11) is 1.57. The number of halogens is 1. The number of ether oxygens (including phenoxy) is 2. The molecule has 0 radical (unpaired) electrons. The van der Waals surface area contributed by atoms with E-state index < -0.39 is 17.5 Å². The summed E-state index contributed by atoms with van der Waals surface area (Å²) in [5.41, 5.74) is -0.266. The lowest BCUT2D eigenvalue weighted by Crippen LogP contribution is -2.29. The standard InChI is InChI=1S/C21H18BrNO6/c1-27-9-3-8-23-19(24)17-11-13-6-7-16(12-18(13)29-21(17)26)28-20(25)14-4-2-5-15(22)10-14/h2,4-7,10-12H,3,8-9H2,1H3,(H,23,24). The molecule has 0 atom stereocenters. The van der Waals surface area contributed by atoms with Crippen molar-refractivity contribution in [3.8, 4) is 5.75 Å². The van der Waals surface area contributed by atoms with Crippen molar-refractivity contribution in [1.82, 2.24) is 5.32 Å². The molecule has 29 heavy (non-hydrogen) atoms. The molecule has 0 unspecified atom stereocenters. The molecule has 0 aliphatic carbocycles. The number of carbonyl (C=O) groups is 2. The van der Waals surface area contributed by atoms with Gasteiger partial charge >= 0.3 is 11.6 Å². The van der Waals surface area contributed by atoms with Gasteiger partial charge in [0.2, 0.25) is 0 Å². The number of fused-ring (bicyclic) bond motifs is 1. The van der Waals surface area contributed by atoms with Crippen LogP contribution in [-0.2, 0) is 4.74 Å². The molecule has 1 amide bonds. The molecule has 7 nitrogen and oxygen atoms in total. The van der Waals surface area contributed by atoms with Gasteiger partial charge in [0, 0.05) is 36.2 Å². The Bertz CT molecular complexity index is 1110. The Balaban J connectivity index is 1.78. The van der Waals surface area contributed by atoms with E-state index in [1.807, 2.05) is 0 Å². The van der Waals surface area contributed by atoms with E-state index in [-0.39, 0.29) is 16.9 Å².